The molecule has 2 aliphatic rings. The zero-order valence-electron chi connectivity index (χ0n) is 22.8. The molecule has 9 nitrogen and oxygen atoms in total. The summed E-state index contributed by atoms with van der Waals surface area (Å²) in [4.78, 5) is 22.6. The van der Waals surface area contributed by atoms with Gasteiger partial charge in [-0.3, -0.25) is 14.5 Å². The molecule has 0 N–H and O–H groups in total. The molecular formula is C29H28F3N7O2S. The third-order valence-corrected chi connectivity index (χ3v) is 10.0. The van der Waals surface area contributed by atoms with Gasteiger partial charge in [-0.15, -0.1) is 5.10 Å². The molecular weight excluding hydrogens is 567 g/mol. The van der Waals surface area contributed by atoms with Gasteiger partial charge in [-0.2, -0.15) is 5.10 Å². The van der Waals surface area contributed by atoms with Crippen LogP contribution in [0.2, 0.25) is 0 Å². The van der Waals surface area contributed by atoms with Crippen LogP contribution in [0.25, 0.3) is 11.8 Å². The summed E-state index contributed by atoms with van der Waals surface area (Å²) < 4.78 is 60.4. The lowest BCUT2D eigenvalue weighted by Gasteiger charge is -2.47. The van der Waals surface area contributed by atoms with Crippen molar-refractivity contribution >= 4 is 27.4 Å². The molecule has 6 rings (SSSR count). The van der Waals surface area contributed by atoms with E-state index >= 15 is 0 Å². The number of carbonyl (C=O) groups is 1. The van der Waals surface area contributed by atoms with Crippen LogP contribution in [0.15, 0.2) is 65.8 Å². The van der Waals surface area contributed by atoms with Gasteiger partial charge in [0.2, 0.25) is 5.16 Å². The fraction of sp³-hybridized carbons (Fsp3) is 0.310. The van der Waals surface area contributed by atoms with Gasteiger partial charge in [-0.25, -0.2) is 31.4 Å². The van der Waals surface area contributed by atoms with Gasteiger partial charge in [-0.05, 0) is 73.5 Å². The third-order valence-electron chi connectivity index (χ3n) is 8.05. The Morgan fingerprint density at radius 3 is 2.67 bits per heavy atom. The van der Waals surface area contributed by atoms with Gasteiger partial charge in [0.15, 0.2) is 5.78 Å². The normalized spacial score (nSPS) is 21.4. The van der Waals surface area contributed by atoms with Gasteiger partial charge in [-0.1, -0.05) is 5.57 Å². The predicted octanol–water partition coefficient (Wildman–Crippen LogP) is 4.00. The summed E-state index contributed by atoms with van der Waals surface area (Å²) in [6, 6.07) is 7.68. The Kier molecular flexibility index (Phi) is 7.09. The SMILES string of the molecule is C=S(=O)(c1ncn(C)n1)N(CCF)[C@H]1CCC2=Cc3c(cnn3-c3ccc(F)cc3)C[C@]2(C(=O)c2cc(F)ccn2)C1. The summed E-state index contributed by atoms with van der Waals surface area (Å²) >= 11 is 0. The molecule has 42 heavy (non-hydrogen) atoms. The lowest BCUT2D eigenvalue weighted by atomic mass is 9.60. The predicted molar refractivity (Wildman–Crippen MR) is 151 cm³/mol. The second-order valence-corrected chi connectivity index (χ2v) is 12.7. The molecule has 0 radical (unpaired) electrons. The Balaban J connectivity index is 1.45. The van der Waals surface area contributed by atoms with Crippen molar-refractivity contribution in [2.45, 2.75) is 36.9 Å². The molecule has 1 unspecified atom stereocenters. The van der Waals surface area contributed by atoms with E-state index in [0.717, 1.165) is 22.9 Å². The fourth-order valence-corrected chi connectivity index (χ4v) is 7.82. The van der Waals surface area contributed by atoms with Crippen LogP contribution in [0.3, 0.4) is 0 Å². The molecule has 1 aromatic carbocycles. The van der Waals surface area contributed by atoms with Crippen LogP contribution in [0, 0.1) is 17.0 Å². The summed E-state index contributed by atoms with van der Waals surface area (Å²) in [7, 11) is -1.67. The molecule has 0 aliphatic heterocycles. The molecule has 3 aromatic heterocycles. The minimum Gasteiger partial charge on any atom is -0.291 e. The molecule has 0 spiro atoms. The molecule has 4 aromatic rings. The highest BCUT2D eigenvalue weighted by molar-refractivity contribution is 7.98. The highest BCUT2D eigenvalue weighted by Crippen LogP contribution is 2.51. The number of alkyl halides is 1. The second-order valence-electron chi connectivity index (χ2n) is 10.6. The molecule has 1 fully saturated rings. The van der Waals surface area contributed by atoms with Crippen molar-refractivity contribution in [3.05, 3.63) is 89.3 Å². The summed E-state index contributed by atoms with van der Waals surface area (Å²) in [6.07, 6.45) is 7.45. The monoisotopic (exact) mass is 595 g/mol. The van der Waals surface area contributed by atoms with Gasteiger partial charge in [0.05, 0.1) is 32.7 Å². The van der Waals surface area contributed by atoms with E-state index in [9.17, 15) is 22.2 Å². The Labute approximate surface area is 240 Å². The lowest BCUT2D eigenvalue weighted by molar-refractivity contribution is 0.0737. The first-order chi connectivity index (χ1) is 20.1. The van der Waals surface area contributed by atoms with Crippen molar-refractivity contribution in [2.24, 2.45) is 12.5 Å². The van der Waals surface area contributed by atoms with Crippen LogP contribution in [-0.4, -0.2) is 69.0 Å². The number of halogens is 3. The summed E-state index contributed by atoms with van der Waals surface area (Å²) in [5.74, 6) is 2.57. The van der Waals surface area contributed by atoms with Gasteiger partial charge in [0.1, 0.15) is 30.3 Å². The Morgan fingerprint density at radius 2 is 1.98 bits per heavy atom. The zero-order chi connectivity index (χ0) is 29.6. The maximum Gasteiger partial charge on any atom is 0.244 e. The standard InChI is InChI=1S/C29H28F3N7O2S/c1-37-18-34-28(36-37)42(2,41)38(12-10-30)24-6-3-20-13-26-19(17-35-39(26)23-7-4-21(31)5-8-23)15-29(20,16-24)27(40)25-14-22(32)9-11-33-25/h4-5,7-9,11,13-14,17-18,24H,2-3,6,10,12,15-16H2,1H3/t24-,29-,42?/m0/s1. The van der Waals surface area contributed by atoms with E-state index in [1.807, 2.05) is 6.08 Å². The van der Waals surface area contributed by atoms with Crippen LogP contribution in [0.4, 0.5) is 13.2 Å². The highest BCUT2D eigenvalue weighted by Gasteiger charge is 2.51. The first-order valence-electron chi connectivity index (χ1n) is 13.4. The zero-order valence-corrected chi connectivity index (χ0v) is 23.6. The molecule has 2 aliphatic carbocycles. The average molecular weight is 596 g/mol. The van der Waals surface area contributed by atoms with E-state index in [1.165, 1.54) is 39.7 Å². The van der Waals surface area contributed by atoms with E-state index in [1.54, 1.807) is 30.1 Å². The fourth-order valence-electron chi connectivity index (χ4n) is 6.12. The maximum absolute atomic E-state index is 14.3. The van der Waals surface area contributed by atoms with Crippen LogP contribution >= 0.6 is 0 Å². The molecule has 1 saturated carbocycles. The molecule has 0 amide bonds. The summed E-state index contributed by atoms with van der Waals surface area (Å²) in [6.45, 7) is -0.986. The number of hydrogen-bond donors (Lipinski definition) is 0. The number of nitrogens with zero attached hydrogens (tertiary/aromatic N) is 7. The third kappa shape index (κ3) is 4.75. The number of aryl methyl sites for hydroxylation is 1. The summed E-state index contributed by atoms with van der Waals surface area (Å²) in [5.41, 5.74) is 1.74. The number of rotatable bonds is 8. The number of hydrogen-bond acceptors (Lipinski definition) is 6. The van der Waals surface area contributed by atoms with Gasteiger partial charge >= 0.3 is 0 Å². The molecule has 3 heterocycles. The van der Waals surface area contributed by atoms with Crippen molar-refractivity contribution in [1.82, 2.24) is 33.8 Å². The first kappa shape index (κ1) is 28.0. The number of benzene rings is 1. The molecule has 0 saturated heterocycles. The van der Waals surface area contributed by atoms with Crippen molar-refractivity contribution in [2.75, 3.05) is 13.2 Å². The Bertz CT molecular complexity index is 1800. The minimum atomic E-state index is -3.30. The molecule has 218 valence electrons. The van der Waals surface area contributed by atoms with Crippen LogP contribution in [0.5, 0.6) is 0 Å². The van der Waals surface area contributed by atoms with E-state index in [2.05, 4.69) is 26.0 Å². The van der Waals surface area contributed by atoms with Gasteiger partial charge in [0.25, 0.3) is 0 Å². The molecule has 3 atom stereocenters. The molecule has 0 bridgehead atoms. The average Bonchev–Trinajstić information content (AvgIpc) is 3.60. The van der Waals surface area contributed by atoms with Crippen molar-refractivity contribution in [1.29, 1.82) is 0 Å². The number of allylic oxidation sites excluding steroid dienone is 1. The van der Waals surface area contributed by atoms with Gasteiger partial charge < -0.3 is 0 Å². The number of ketones is 1. The van der Waals surface area contributed by atoms with E-state index in [-0.39, 0.29) is 41.8 Å². The largest absolute Gasteiger partial charge is 0.291 e. The van der Waals surface area contributed by atoms with Gasteiger partial charge in [0, 0.05) is 31.9 Å². The van der Waals surface area contributed by atoms with Crippen molar-refractivity contribution < 1.29 is 22.2 Å². The molecule has 13 heteroatoms. The number of Topliss-reactive ketones (excluding diaryl/α,β-unsaturated/α-hetero) is 1. The number of pyridine rings is 1. The van der Waals surface area contributed by atoms with E-state index in [4.69, 9.17) is 0 Å². The topological polar surface area (TPSA) is 98.8 Å². The minimum absolute atomic E-state index is 0.0153. The van der Waals surface area contributed by atoms with E-state index in [0.29, 0.717) is 18.5 Å². The first-order valence-corrected chi connectivity index (χ1v) is 15.1. The Hall–Kier alpha value is -4.10. The quantitative estimate of drug-likeness (QED) is 0.226. The van der Waals surface area contributed by atoms with Crippen LogP contribution in [-0.2, 0) is 23.2 Å². The van der Waals surface area contributed by atoms with Crippen molar-refractivity contribution in [3.63, 3.8) is 0 Å². The summed E-state index contributed by atoms with van der Waals surface area (Å²) in [5, 5.41) is 8.69. The smallest absolute Gasteiger partial charge is 0.244 e. The second kappa shape index (κ2) is 10.6. The lowest BCUT2D eigenvalue weighted by Crippen LogP contribution is -2.51. The highest BCUT2D eigenvalue weighted by atomic mass is 32.2. The number of carbonyl (C=O) groups excluding carboxylic acids is 1. The Morgan fingerprint density at radius 1 is 1.19 bits per heavy atom. The van der Waals surface area contributed by atoms with Crippen LogP contribution < -0.4 is 0 Å². The van der Waals surface area contributed by atoms with Crippen molar-refractivity contribution in [3.8, 4) is 5.69 Å². The number of aromatic nitrogens is 6. The van der Waals surface area contributed by atoms with Crippen LogP contribution in [0.1, 0.15) is 41.0 Å². The van der Waals surface area contributed by atoms with E-state index < -0.39 is 33.7 Å². The number of fused-ring (bicyclic) bond motifs is 2. The maximum atomic E-state index is 14.3.